The zero-order valence-corrected chi connectivity index (χ0v) is 20.1. The molecule has 28 heavy (non-hydrogen) atoms. The molecular formula is C18H35IN6O3. The predicted octanol–water partition coefficient (Wildman–Crippen LogP) is 3.13. The zero-order valence-electron chi connectivity index (χ0n) is 17.8. The van der Waals surface area contributed by atoms with E-state index >= 15 is 0 Å². The standard InChI is InChI=1S/C18H34N6O3.HI/c1-7-9-10-14(11-21-17(25)26-18(4,5)6)23-16(19-8-2)20-12-15-22-13(3)24-27-15;/h14H,7-12H2,1-6H3,(H,21,25)(H2,19,20,23);1H. The van der Waals surface area contributed by atoms with Crippen molar-refractivity contribution in [1.29, 1.82) is 0 Å². The fourth-order valence-corrected chi connectivity index (χ4v) is 2.26. The molecule has 1 aromatic heterocycles. The quantitative estimate of drug-likeness (QED) is 0.266. The molecule has 0 fully saturated rings. The van der Waals surface area contributed by atoms with Gasteiger partial charge in [-0.2, -0.15) is 4.98 Å². The Bertz CT molecular complexity index is 600. The van der Waals surface area contributed by atoms with Crippen LogP contribution in [0.1, 0.15) is 65.6 Å². The van der Waals surface area contributed by atoms with Gasteiger partial charge in [-0.15, -0.1) is 24.0 Å². The van der Waals surface area contributed by atoms with Crippen LogP contribution in [0.2, 0.25) is 0 Å². The Kier molecular flexibility index (Phi) is 12.8. The lowest BCUT2D eigenvalue weighted by Gasteiger charge is -2.24. The molecular weight excluding hydrogens is 475 g/mol. The highest BCUT2D eigenvalue weighted by Gasteiger charge is 2.18. The van der Waals surface area contributed by atoms with E-state index < -0.39 is 11.7 Å². The molecule has 0 saturated heterocycles. The van der Waals surface area contributed by atoms with Crippen molar-refractivity contribution in [2.24, 2.45) is 4.99 Å². The van der Waals surface area contributed by atoms with Gasteiger partial charge in [0.2, 0.25) is 5.89 Å². The predicted molar refractivity (Wildman–Crippen MR) is 120 cm³/mol. The summed E-state index contributed by atoms with van der Waals surface area (Å²) in [4.78, 5) is 20.6. The third kappa shape index (κ3) is 12.0. The maximum Gasteiger partial charge on any atom is 0.407 e. The fourth-order valence-electron chi connectivity index (χ4n) is 2.26. The number of hydrogen-bond donors (Lipinski definition) is 3. The zero-order chi connectivity index (χ0) is 20.3. The van der Waals surface area contributed by atoms with Crippen molar-refractivity contribution in [3.8, 4) is 0 Å². The molecule has 162 valence electrons. The van der Waals surface area contributed by atoms with Gasteiger partial charge in [-0.05, 0) is 41.0 Å². The van der Waals surface area contributed by atoms with Crippen LogP contribution in [0.4, 0.5) is 4.79 Å². The average Bonchev–Trinajstić information content (AvgIpc) is 2.99. The SMILES string of the molecule is CCCCC(CNC(=O)OC(C)(C)C)NC(=NCc1nc(C)no1)NCC.I. The normalized spacial score (nSPS) is 12.7. The van der Waals surface area contributed by atoms with E-state index in [1.807, 2.05) is 27.7 Å². The van der Waals surface area contributed by atoms with Crippen LogP contribution in [0, 0.1) is 6.92 Å². The van der Waals surface area contributed by atoms with Crippen molar-refractivity contribution in [2.45, 2.75) is 79.0 Å². The van der Waals surface area contributed by atoms with Gasteiger partial charge in [0.1, 0.15) is 12.1 Å². The van der Waals surface area contributed by atoms with Crippen molar-refractivity contribution >= 4 is 36.0 Å². The Balaban J connectivity index is 0.00000729. The smallest absolute Gasteiger partial charge is 0.407 e. The Morgan fingerprint density at radius 1 is 1.29 bits per heavy atom. The van der Waals surface area contributed by atoms with Crippen LogP contribution in [0.15, 0.2) is 9.52 Å². The summed E-state index contributed by atoms with van der Waals surface area (Å²) >= 11 is 0. The molecule has 3 N–H and O–H groups in total. The second-order valence-electron chi connectivity index (χ2n) is 7.30. The van der Waals surface area contributed by atoms with Gasteiger partial charge in [0.15, 0.2) is 11.8 Å². The Labute approximate surface area is 184 Å². The van der Waals surface area contributed by atoms with Crippen molar-refractivity contribution in [1.82, 2.24) is 26.1 Å². The number of alkyl carbamates (subject to hydrolysis) is 1. The summed E-state index contributed by atoms with van der Waals surface area (Å²) in [5.41, 5.74) is -0.519. The lowest BCUT2D eigenvalue weighted by atomic mass is 10.1. The highest BCUT2D eigenvalue weighted by Crippen LogP contribution is 2.07. The second-order valence-corrected chi connectivity index (χ2v) is 7.30. The number of unbranched alkanes of at least 4 members (excludes halogenated alkanes) is 1. The number of hydrogen-bond acceptors (Lipinski definition) is 6. The van der Waals surface area contributed by atoms with Crippen LogP contribution in [0.25, 0.3) is 0 Å². The number of rotatable bonds is 9. The van der Waals surface area contributed by atoms with Gasteiger partial charge in [0, 0.05) is 19.1 Å². The van der Waals surface area contributed by atoms with Gasteiger partial charge in [-0.25, -0.2) is 9.79 Å². The minimum absolute atomic E-state index is 0. The van der Waals surface area contributed by atoms with E-state index in [1.165, 1.54) is 0 Å². The Morgan fingerprint density at radius 2 is 2.00 bits per heavy atom. The van der Waals surface area contributed by atoms with E-state index in [9.17, 15) is 4.79 Å². The number of aryl methyl sites for hydroxylation is 1. The van der Waals surface area contributed by atoms with Crippen molar-refractivity contribution in [2.75, 3.05) is 13.1 Å². The van der Waals surface area contributed by atoms with E-state index in [1.54, 1.807) is 6.92 Å². The molecule has 1 rings (SSSR count). The average molecular weight is 510 g/mol. The molecule has 1 heterocycles. The lowest BCUT2D eigenvalue weighted by Crippen LogP contribution is -2.49. The van der Waals surface area contributed by atoms with Crippen molar-refractivity contribution < 1.29 is 14.1 Å². The molecule has 0 aliphatic heterocycles. The highest BCUT2D eigenvalue weighted by molar-refractivity contribution is 14.0. The molecule has 1 unspecified atom stereocenters. The third-order valence-corrected chi connectivity index (χ3v) is 3.42. The van der Waals surface area contributed by atoms with Crippen LogP contribution < -0.4 is 16.0 Å². The van der Waals surface area contributed by atoms with Gasteiger partial charge < -0.3 is 25.2 Å². The molecule has 9 nitrogen and oxygen atoms in total. The monoisotopic (exact) mass is 510 g/mol. The Hall–Kier alpha value is -1.59. The number of aromatic nitrogens is 2. The summed E-state index contributed by atoms with van der Waals surface area (Å²) in [6, 6.07) is 0.0275. The summed E-state index contributed by atoms with van der Waals surface area (Å²) in [6.07, 6.45) is 2.58. The fraction of sp³-hybridized carbons (Fsp3) is 0.778. The van der Waals surface area contributed by atoms with Crippen molar-refractivity contribution in [3.63, 3.8) is 0 Å². The summed E-state index contributed by atoms with van der Waals surface area (Å²) in [5.74, 6) is 1.68. The molecule has 0 radical (unpaired) electrons. The van der Waals surface area contributed by atoms with E-state index in [0.29, 0.717) is 30.8 Å². The molecule has 0 aliphatic rings. The number of carbonyl (C=O) groups is 1. The molecule has 0 aliphatic carbocycles. The van der Waals surface area contributed by atoms with E-state index in [-0.39, 0.29) is 36.6 Å². The first-order chi connectivity index (χ1) is 12.7. The van der Waals surface area contributed by atoms with Gasteiger partial charge in [0.05, 0.1) is 0 Å². The molecule has 0 spiro atoms. The highest BCUT2D eigenvalue weighted by atomic mass is 127. The third-order valence-electron chi connectivity index (χ3n) is 3.42. The lowest BCUT2D eigenvalue weighted by molar-refractivity contribution is 0.0523. The van der Waals surface area contributed by atoms with Gasteiger partial charge in [-0.3, -0.25) is 0 Å². The summed E-state index contributed by atoms with van der Waals surface area (Å²) in [5, 5.41) is 13.1. The minimum Gasteiger partial charge on any atom is -0.444 e. The second kappa shape index (κ2) is 13.6. The van der Waals surface area contributed by atoms with Gasteiger partial charge in [-0.1, -0.05) is 24.9 Å². The summed E-state index contributed by atoms with van der Waals surface area (Å²) in [7, 11) is 0. The van der Waals surface area contributed by atoms with Crippen LogP contribution >= 0.6 is 24.0 Å². The maximum atomic E-state index is 11.9. The Morgan fingerprint density at radius 3 is 2.54 bits per heavy atom. The number of guanidine groups is 1. The van der Waals surface area contributed by atoms with E-state index in [0.717, 1.165) is 19.3 Å². The van der Waals surface area contributed by atoms with E-state index in [4.69, 9.17) is 9.26 Å². The molecule has 1 atom stereocenters. The van der Waals surface area contributed by atoms with Gasteiger partial charge in [0.25, 0.3) is 0 Å². The number of nitrogens with zero attached hydrogens (tertiary/aromatic N) is 3. The molecule has 1 amide bonds. The molecule has 0 saturated carbocycles. The number of carbonyl (C=O) groups excluding carboxylic acids is 1. The maximum absolute atomic E-state index is 11.9. The number of amides is 1. The van der Waals surface area contributed by atoms with Crippen molar-refractivity contribution in [3.05, 3.63) is 11.7 Å². The van der Waals surface area contributed by atoms with Crippen LogP contribution in [-0.2, 0) is 11.3 Å². The first-order valence-corrected chi connectivity index (χ1v) is 9.54. The first-order valence-electron chi connectivity index (χ1n) is 9.54. The molecule has 10 heteroatoms. The van der Waals surface area contributed by atoms with E-state index in [2.05, 4.69) is 38.0 Å². The summed E-state index contributed by atoms with van der Waals surface area (Å²) in [6.45, 7) is 12.9. The first kappa shape index (κ1) is 26.4. The molecule has 1 aromatic rings. The van der Waals surface area contributed by atoms with Crippen LogP contribution in [0.3, 0.4) is 0 Å². The van der Waals surface area contributed by atoms with Crippen LogP contribution in [-0.4, -0.2) is 46.9 Å². The van der Waals surface area contributed by atoms with Gasteiger partial charge >= 0.3 is 6.09 Å². The number of nitrogens with one attached hydrogen (secondary N) is 3. The largest absolute Gasteiger partial charge is 0.444 e. The molecule has 0 bridgehead atoms. The van der Waals surface area contributed by atoms with Crippen LogP contribution in [0.5, 0.6) is 0 Å². The number of aliphatic imine (C=N–C) groups is 1. The summed E-state index contributed by atoms with van der Waals surface area (Å²) < 4.78 is 10.4. The number of ether oxygens (including phenoxy) is 1. The molecule has 0 aromatic carbocycles. The topological polar surface area (TPSA) is 114 Å². The minimum atomic E-state index is -0.519. The number of halogens is 1.